The van der Waals surface area contributed by atoms with Gasteiger partial charge in [-0.2, -0.15) is 0 Å². The lowest BCUT2D eigenvalue weighted by atomic mass is 9.96. The Labute approximate surface area is 143 Å². The highest BCUT2D eigenvalue weighted by molar-refractivity contribution is 6.45. The van der Waals surface area contributed by atoms with Crippen molar-refractivity contribution in [2.75, 3.05) is 13.2 Å². The zero-order valence-corrected chi connectivity index (χ0v) is 14.4. The van der Waals surface area contributed by atoms with Crippen LogP contribution in [0.15, 0.2) is 6.07 Å². The summed E-state index contributed by atoms with van der Waals surface area (Å²) in [6.45, 7) is 4.20. The molecule has 124 valence electrons. The molecule has 2 aromatic rings. The molecule has 1 amide bonds. The summed E-state index contributed by atoms with van der Waals surface area (Å²) in [4.78, 5) is 15.5. The Morgan fingerprint density at radius 2 is 2.22 bits per heavy atom. The van der Waals surface area contributed by atoms with Gasteiger partial charge in [-0.15, -0.1) is 0 Å². The van der Waals surface area contributed by atoms with Gasteiger partial charge in [0.05, 0.1) is 27.6 Å². The number of fused-ring (bicyclic) bond motifs is 3. The van der Waals surface area contributed by atoms with E-state index in [1.165, 1.54) is 0 Å². The van der Waals surface area contributed by atoms with Gasteiger partial charge in [-0.25, -0.2) is 0 Å². The lowest BCUT2D eigenvalue weighted by Gasteiger charge is -2.14. The maximum atomic E-state index is 12.2. The normalized spacial score (nSPS) is 19.2. The Balaban J connectivity index is 2.25. The van der Waals surface area contributed by atoms with E-state index in [9.17, 15) is 9.90 Å². The van der Waals surface area contributed by atoms with Crippen molar-refractivity contribution < 1.29 is 14.6 Å². The van der Waals surface area contributed by atoms with Gasteiger partial charge < -0.3 is 20.1 Å². The summed E-state index contributed by atoms with van der Waals surface area (Å²) in [7, 11) is 0. The van der Waals surface area contributed by atoms with E-state index in [0.717, 1.165) is 16.6 Å². The molecule has 0 aliphatic carbocycles. The first-order valence-corrected chi connectivity index (χ1v) is 8.26. The molecule has 7 heteroatoms. The van der Waals surface area contributed by atoms with Crippen LogP contribution in [0, 0.1) is 0 Å². The quantitative estimate of drug-likeness (QED) is 0.791. The van der Waals surface area contributed by atoms with Crippen LogP contribution in [-0.2, 0) is 11.2 Å². The summed E-state index contributed by atoms with van der Waals surface area (Å²) in [5, 5.41) is 13.9. The van der Waals surface area contributed by atoms with E-state index in [4.69, 9.17) is 27.9 Å². The van der Waals surface area contributed by atoms with Gasteiger partial charge in [0.2, 0.25) is 5.91 Å². The molecule has 2 heterocycles. The molecule has 3 rings (SSSR count). The smallest absolute Gasteiger partial charge is 0.227 e. The third kappa shape index (κ3) is 2.89. The Bertz CT molecular complexity index is 771. The molecule has 5 nitrogen and oxygen atoms in total. The summed E-state index contributed by atoms with van der Waals surface area (Å²) in [5.74, 6) is 0.166. The highest BCUT2D eigenvalue weighted by Crippen LogP contribution is 2.43. The van der Waals surface area contributed by atoms with Gasteiger partial charge in [0, 0.05) is 30.1 Å². The summed E-state index contributed by atoms with van der Waals surface area (Å²) < 4.78 is 5.72. The van der Waals surface area contributed by atoms with Crippen LogP contribution in [0.2, 0.25) is 10.0 Å². The van der Waals surface area contributed by atoms with Gasteiger partial charge >= 0.3 is 0 Å². The number of hydrogen-bond acceptors (Lipinski definition) is 3. The Morgan fingerprint density at radius 1 is 1.48 bits per heavy atom. The summed E-state index contributed by atoms with van der Waals surface area (Å²) >= 11 is 12.5. The number of halogens is 2. The molecule has 23 heavy (non-hydrogen) atoms. The molecule has 2 atom stereocenters. The zero-order valence-electron chi connectivity index (χ0n) is 12.9. The van der Waals surface area contributed by atoms with Crippen molar-refractivity contribution in [1.82, 2.24) is 10.3 Å². The Kier molecular flexibility index (Phi) is 4.45. The number of aliphatic hydroxyl groups excluding tert-OH is 1. The molecule has 1 aliphatic heterocycles. The van der Waals surface area contributed by atoms with Gasteiger partial charge in [-0.3, -0.25) is 4.79 Å². The molecular weight excluding hydrogens is 339 g/mol. The van der Waals surface area contributed by atoms with Crippen LogP contribution in [0.5, 0.6) is 5.75 Å². The summed E-state index contributed by atoms with van der Waals surface area (Å²) in [6.07, 6.45) is 0.0712. The van der Waals surface area contributed by atoms with E-state index < -0.39 is 6.10 Å². The second kappa shape index (κ2) is 6.23. The molecule has 0 saturated carbocycles. The van der Waals surface area contributed by atoms with Crippen molar-refractivity contribution in [2.24, 2.45) is 0 Å². The van der Waals surface area contributed by atoms with Gasteiger partial charge in [0.15, 0.2) is 0 Å². The largest absolute Gasteiger partial charge is 0.490 e. The van der Waals surface area contributed by atoms with Crippen molar-refractivity contribution in [3.8, 4) is 5.75 Å². The van der Waals surface area contributed by atoms with Crippen LogP contribution < -0.4 is 10.1 Å². The molecular formula is C16H18Cl2N2O3. The van der Waals surface area contributed by atoms with Gasteiger partial charge in [0.1, 0.15) is 12.4 Å². The SMILES string of the molecule is CC(O)COc1cc(Cl)c(Cl)c2[nH]c3c(c12)C(C)C(=O)NCC3. The van der Waals surface area contributed by atoms with Gasteiger partial charge in [-0.05, 0) is 19.4 Å². The minimum atomic E-state index is -0.613. The first-order valence-electron chi connectivity index (χ1n) is 7.51. The third-order valence-electron chi connectivity index (χ3n) is 4.03. The van der Waals surface area contributed by atoms with E-state index in [0.29, 0.717) is 34.3 Å². The van der Waals surface area contributed by atoms with E-state index in [-0.39, 0.29) is 18.4 Å². The number of rotatable bonds is 3. The minimum absolute atomic E-state index is 0.0304. The average molecular weight is 357 g/mol. The molecule has 0 bridgehead atoms. The van der Waals surface area contributed by atoms with E-state index in [1.54, 1.807) is 13.0 Å². The summed E-state index contributed by atoms with van der Waals surface area (Å²) in [6, 6.07) is 1.64. The first-order chi connectivity index (χ1) is 10.9. The maximum Gasteiger partial charge on any atom is 0.227 e. The van der Waals surface area contributed by atoms with Crippen molar-refractivity contribution in [3.05, 3.63) is 27.4 Å². The van der Waals surface area contributed by atoms with E-state index in [1.807, 2.05) is 6.92 Å². The van der Waals surface area contributed by atoms with Crippen molar-refractivity contribution >= 4 is 40.0 Å². The standard InChI is InChI=1S/C16H18Cl2N2O3/c1-7(21)6-23-11-5-9(17)14(18)15-13(11)12-8(2)16(22)19-4-3-10(12)20-15/h5,7-8,20-21H,3-4,6H2,1-2H3,(H,19,22). The molecule has 0 radical (unpaired) electrons. The number of hydrogen-bond donors (Lipinski definition) is 3. The lowest BCUT2D eigenvalue weighted by molar-refractivity contribution is -0.121. The number of carbonyl (C=O) groups is 1. The topological polar surface area (TPSA) is 74.3 Å². The molecule has 0 saturated heterocycles. The first kappa shape index (κ1) is 16.4. The number of H-pyrrole nitrogens is 1. The van der Waals surface area contributed by atoms with Crippen molar-refractivity contribution in [3.63, 3.8) is 0 Å². The fourth-order valence-corrected chi connectivity index (χ4v) is 3.34. The second-order valence-electron chi connectivity index (χ2n) is 5.86. The van der Waals surface area contributed by atoms with Crippen LogP contribution in [0.25, 0.3) is 10.9 Å². The summed E-state index contributed by atoms with van der Waals surface area (Å²) in [5.41, 5.74) is 2.51. The van der Waals surface area contributed by atoms with Crippen LogP contribution in [0.1, 0.15) is 31.0 Å². The van der Waals surface area contributed by atoms with Crippen LogP contribution >= 0.6 is 23.2 Å². The van der Waals surface area contributed by atoms with Crippen molar-refractivity contribution in [1.29, 1.82) is 0 Å². The molecule has 2 unspecified atom stereocenters. The maximum absolute atomic E-state index is 12.2. The van der Waals surface area contributed by atoms with Crippen LogP contribution in [0.3, 0.4) is 0 Å². The Hall–Kier alpha value is -1.43. The number of ether oxygens (including phenoxy) is 1. The molecule has 1 aromatic heterocycles. The highest BCUT2D eigenvalue weighted by atomic mass is 35.5. The fourth-order valence-electron chi connectivity index (χ4n) is 2.95. The third-order valence-corrected chi connectivity index (χ3v) is 4.82. The number of carbonyl (C=O) groups excluding carboxylic acids is 1. The molecule has 0 spiro atoms. The van der Waals surface area contributed by atoms with Crippen LogP contribution in [-0.4, -0.2) is 35.3 Å². The van der Waals surface area contributed by atoms with Gasteiger partial charge in [0.25, 0.3) is 0 Å². The predicted molar refractivity (Wildman–Crippen MR) is 90.6 cm³/mol. The fraction of sp³-hybridized carbons (Fsp3) is 0.438. The van der Waals surface area contributed by atoms with Gasteiger partial charge in [-0.1, -0.05) is 23.2 Å². The van der Waals surface area contributed by atoms with E-state index >= 15 is 0 Å². The van der Waals surface area contributed by atoms with Crippen LogP contribution in [0.4, 0.5) is 0 Å². The minimum Gasteiger partial charge on any atom is -0.490 e. The molecule has 3 N–H and O–H groups in total. The highest BCUT2D eigenvalue weighted by Gasteiger charge is 2.29. The monoisotopic (exact) mass is 356 g/mol. The lowest BCUT2D eigenvalue weighted by Crippen LogP contribution is -2.26. The Morgan fingerprint density at radius 3 is 2.91 bits per heavy atom. The number of amides is 1. The number of nitrogens with one attached hydrogen (secondary N) is 2. The average Bonchev–Trinajstić information content (AvgIpc) is 2.82. The second-order valence-corrected chi connectivity index (χ2v) is 6.65. The number of aromatic nitrogens is 1. The molecule has 1 aromatic carbocycles. The number of aromatic amines is 1. The number of aliphatic hydroxyl groups is 1. The zero-order chi connectivity index (χ0) is 16.7. The predicted octanol–water partition coefficient (Wildman–Crippen LogP) is 3.01. The van der Waals surface area contributed by atoms with Crippen molar-refractivity contribution in [2.45, 2.75) is 32.3 Å². The van der Waals surface area contributed by atoms with E-state index in [2.05, 4.69) is 10.3 Å². The molecule has 0 fully saturated rings. The number of benzene rings is 1. The molecule has 1 aliphatic rings.